The first-order valence-electron chi connectivity index (χ1n) is 5.34. The van der Waals surface area contributed by atoms with Crippen LogP contribution in [-0.4, -0.2) is 17.8 Å². The fourth-order valence-corrected chi connectivity index (χ4v) is 1.66. The molecule has 0 atom stereocenters. The minimum Gasteiger partial charge on any atom is -0.427 e. The number of nitrogens with zero attached hydrogens (tertiary/aromatic N) is 1. The average Bonchev–Trinajstić information content (AvgIpc) is 2.54. The topological polar surface area (TPSA) is 63.7 Å². The van der Waals surface area contributed by atoms with E-state index < -0.39 is 5.97 Å². The number of benzene rings is 1. The van der Waals surface area contributed by atoms with E-state index in [2.05, 4.69) is 0 Å². The molecule has 2 rings (SSSR count). The molecule has 1 aliphatic rings. The monoisotopic (exact) mass is 245 g/mol. The second-order valence-corrected chi connectivity index (χ2v) is 3.89. The highest BCUT2D eigenvalue weighted by Gasteiger charge is 2.29. The molecule has 5 heteroatoms. The molecule has 0 aromatic heterocycles. The van der Waals surface area contributed by atoms with Crippen molar-refractivity contribution in [3.05, 3.63) is 35.9 Å². The van der Waals surface area contributed by atoms with E-state index in [1.807, 2.05) is 0 Å². The van der Waals surface area contributed by atoms with E-state index in [9.17, 15) is 14.4 Å². The molecular formula is C13H11NO4. The lowest BCUT2D eigenvalue weighted by molar-refractivity contribution is -0.132. The average molecular weight is 245 g/mol. The molecule has 1 aromatic carbocycles. The Morgan fingerprint density at radius 1 is 1.17 bits per heavy atom. The molecule has 1 aromatic rings. The van der Waals surface area contributed by atoms with Crippen LogP contribution in [0.1, 0.15) is 13.8 Å². The lowest BCUT2D eigenvalue weighted by atomic mass is 10.2. The Morgan fingerprint density at radius 3 is 2.22 bits per heavy atom. The smallest absolute Gasteiger partial charge is 0.308 e. The van der Waals surface area contributed by atoms with Crippen LogP contribution in [0.25, 0.3) is 0 Å². The maximum atomic E-state index is 11.7. The third-order valence-electron chi connectivity index (χ3n) is 2.46. The molecule has 0 radical (unpaired) electrons. The first-order valence-corrected chi connectivity index (χ1v) is 5.34. The van der Waals surface area contributed by atoms with Gasteiger partial charge in [0.25, 0.3) is 11.8 Å². The van der Waals surface area contributed by atoms with Gasteiger partial charge in [-0.3, -0.25) is 14.4 Å². The summed E-state index contributed by atoms with van der Waals surface area (Å²) in [6, 6.07) is 6.18. The second-order valence-electron chi connectivity index (χ2n) is 3.89. The fourth-order valence-electron chi connectivity index (χ4n) is 1.66. The van der Waals surface area contributed by atoms with Gasteiger partial charge in [-0.05, 0) is 31.2 Å². The van der Waals surface area contributed by atoms with E-state index in [1.165, 1.54) is 25.1 Å². The Bertz CT molecular complexity index is 557. The highest BCUT2D eigenvalue weighted by molar-refractivity contribution is 6.30. The summed E-state index contributed by atoms with van der Waals surface area (Å²) in [4.78, 5) is 35.2. The molecule has 92 valence electrons. The SMILES string of the molecule is CC(=O)Oc1ccc(N2C(=O)C=C(C)C2=O)cc1. The van der Waals surface area contributed by atoms with E-state index in [0.29, 0.717) is 17.0 Å². The van der Waals surface area contributed by atoms with Crippen LogP contribution < -0.4 is 9.64 Å². The van der Waals surface area contributed by atoms with Crippen LogP contribution in [0.3, 0.4) is 0 Å². The largest absolute Gasteiger partial charge is 0.427 e. The maximum Gasteiger partial charge on any atom is 0.308 e. The van der Waals surface area contributed by atoms with E-state index in [0.717, 1.165) is 4.90 Å². The van der Waals surface area contributed by atoms with E-state index in [-0.39, 0.29) is 11.8 Å². The summed E-state index contributed by atoms with van der Waals surface area (Å²) in [5.41, 5.74) is 0.859. The van der Waals surface area contributed by atoms with E-state index >= 15 is 0 Å². The predicted octanol–water partition coefficient (Wildman–Crippen LogP) is 1.43. The predicted molar refractivity (Wildman–Crippen MR) is 64.0 cm³/mol. The fraction of sp³-hybridized carbons (Fsp3) is 0.154. The molecule has 5 nitrogen and oxygen atoms in total. The van der Waals surface area contributed by atoms with Crippen molar-refractivity contribution < 1.29 is 19.1 Å². The van der Waals surface area contributed by atoms with E-state index in [1.54, 1.807) is 19.1 Å². The Kier molecular flexibility index (Phi) is 2.97. The molecule has 18 heavy (non-hydrogen) atoms. The van der Waals surface area contributed by atoms with Crippen molar-refractivity contribution in [3.63, 3.8) is 0 Å². The van der Waals surface area contributed by atoms with E-state index in [4.69, 9.17) is 4.74 Å². The summed E-state index contributed by atoms with van der Waals surface area (Å²) in [6.07, 6.45) is 1.29. The van der Waals surface area contributed by atoms with Crippen LogP contribution in [-0.2, 0) is 14.4 Å². The molecule has 0 aliphatic carbocycles. The molecule has 0 saturated carbocycles. The zero-order valence-corrected chi connectivity index (χ0v) is 9.97. The second kappa shape index (κ2) is 4.44. The van der Waals surface area contributed by atoms with Gasteiger partial charge in [0.2, 0.25) is 0 Å². The summed E-state index contributed by atoms with van der Waals surface area (Å²) in [7, 11) is 0. The number of hydrogen-bond acceptors (Lipinski definition) is 4. The van der Waals surface area contributed by atoms with Crippen LogP contribution in [0.5, 0.6) is 5.75 Å². The molecule has 0 N–H and O–H groups in total. The Labute approximate surface area is 104 Å². The molecule has 1 heterocycles. The number of anilines is 1. The molecule has 0 bridgehead atoms. The minimum absolute atomic E-state index is 0.333. The van der Waals surface area contributed by atoms with Crippen molar-refractivity contribution in [2.45, 2.75) is 13.8 Å². The van der Waals surface area contributed by atoms with Gasteiger partial charge in [0.05, 0.1) is 5.69 Å². The Hall–Kier alpha value is -2.43. The van der Waals surface area contributed by atoms with Gasteiger partial charge >= 0.3 is 5.97 Å². The lowest BCUT2D eigenvalue weighted by Gasteiger charge is -2.14. The van der Waals surface area contributed by atoms with Gasteiger partial charge in [-0.15, -0.1) is 0 Å². The molecular weight excluding hydrogens is 234 g/mol. The van der Waals surface area contributed by atoms with Crippen LogP contribution in [0.4, 0.5) is 5.69 Å². The molecule has 1 aliphatic heterocycles. The van der Waals surface area contributed by atoms with Crippen molar-refractivity contribution in [1.29, 1.82) is 0 Å². The highest BCUT2D eigenvalue weighted by atomic mass is 16.5. The van der Waals surface area contributed by atoms with Gasteiger partial charge in [-0.25, -0.2) is 4.90 Å². The third-order valence-corrected chi connectivity index (χ3v) is 2.46. The summed E-state index contributed by atoms with van der Waals surface area (Å²) in [6.45, 7) is 2.89. The molecule has 0 spiro atoms. The van der Waals surface area contributed by atoms with Crippen molar-refractivity contribution >= 4 is 23.5 Å². The number of carbonyl (C=O) groups excluding carboxylic acids is 3. The number of hydrogen-bond donors (Lipinski definition) is 0. The van der Waals surface area contributed by atoms with Crippen LogP contribution in [0.15, 0.2) is 35.9 Å². The lowest BCUT2D eigenvalue weighted by Crippen LogP contribution is -2.30. The Balaban J connectivity index is 2.23. The number of carbonyl (C=O) groups is 3. The van der Waals surface area contributed by atoms with Gasteiger partial charge in [-0.2, -0.15) is 0 Å². The van der Waals surface area contributed by atoms with Gasteiger partial charge < -0.3 is 4.74 Å². The summed E-state index contributed by atoms with van der Waals surface area (Å²) in [5, 5.41) is 0. The minimum atomic E-state index is -0.423. The van der Waals surface area contributed by atoms with Crippen molar-refractivity contribution in [2.24, 2.45) is 0 Å². The van der Waals surface area contributed by atoms with Gasteiger partial charge in [0.1, 0.15) is 5.75 Å². The quantitative estimate of drug-likeness (QED) is 0.449. The zero-order chi connectivity index (χ0) is 13.3. The third kappa shape index (κ3) is 2.15. The number of rotatable bonds is 2. The molecule has 0 unspecified atom stereocenters. The Morgan fingerprint density at radius 2 is 1.78 bits per heavy atom. The summed E-state index contributed by atoms with van der Waals surface area (Å²) >= 11 is 0. The standard InChI is InChI=1S/C13H11NO4/c1-8-7-12(16)14(13(8)17)10-3-5-11(6-4-10)18-9(2)15/h3-7H,1-2H3. The van der Waals surface area contributed by atoms with Crippen LogP contribution in [0.2, 0.25) is 0 Å². The zero-order valence-electron chi connectivity index (χ0n) is 9.97. The van der Waals surface area contributed by atoms with Gasteiger partial charge in [0.15, 0.2) is 0 Å². The first kappa shape index (κ1) is 12.0. The number of imide groups is 1. The maximum absolute atomic E-state index is 11.7. The van der Waals surface area contributed by atoms with Gasteiger partial charge in [-0.1, -0.05) is 0 Å². The van der Waals surface area contributed by atoms with Crippen LogP contribution in [0, 0.1) is 0 Å². The van der Waals surface area contributed by atoms with Crippen molar-refractivity contribution in [2.75, 3.05) is 4.90 Å². The normalized spacial score (nSPS) is 14.8. The van der Waals surface area contributed by atoms with Gasteiger partial charge in [0, 0.05) is 18.6 Å². The number of ether oxygens (including phenoxy) is 1. The molecule has 0 fully saturated rings. The first-order chi connectivity index (χ1) is 8.49. The van der Waals surface area contributed by atoms with Crippen molar-refractivity contribution in [1.82, 2.24) is 0 Å². The van der Waals surface area contributed by atoms with Crippen LogP contribution >= 0.6 is 0 Å². The number of amides is 2. The summed E-state index contributed by atoms with van der Waals surface area (Å²) in [5.74, 6) is -0.749. The van der Waals surface area contributed by atoms with Crippen molar-refractivity contribution in [3.8, 4) is 5.75 Å². The summed E-state index contributed by atoms with van der Waals surface area (Å²) < 4.78 is 4.87. The molecule has 2 amide bonds. The molecule has 0 saturated heterocycles. The number of esters is 1. The highest BCUT2D eigenvalue weighted by Crippen LogP contribution is 2.24.